The third kappa shape index (κ3) is 7.06. The number of hydrogen-bond donors (Lipinski definition) is 2. The number of rotatable bonds is 9. The molecule has 2 atom stereocenters. The van der Waals surface area contributed by atoms with Crippen molar-refractivity contribution >= 4 is 28.7 Å². The number of hydrazine groups is 1. The maximum Gasteiger partial charge on any atom is 0.334 e. The van der Waals surface area contributed by atoms with E-state index < -0.39 is 24.1 Å². The first kappa shape index (κ1) is 34.4. The summed E-state index contributed by atoms with van der Waals surface area (Å²) in [6.07, 6.45) is 2.05. The molecule has 2 saturated heterocycles. The van der Waals surface area contributed by atoms with Crippen LogP contribution in [0.3, 0.4) is 0 Å². The van der Waals surface area contributed by atoms with Crippen LogP contribution in [0.15, 0.2) is 120 Å². The summed E-state index contributed by atoms with van der Waals surface area (Å²) in [5.74, 6) is -0.686. The van der Waals surface area contributed by atoms with Crippen LogP contribution < -0.4 is 5.32 Å². The summed E-state index contributed by atoms with van der Waals surface area (Å²) in [7, 11) is 0. The van der Waals surface area contributed by atoms with Crippen LogP contribution in [0.5, 0.6) is 5.75 Å². The molecule has 0 aliphatic carbocycles. The van der Waals surface area contributed by atoms with Crippen LogP contribution in [0, 0.1) is 5.82 Å². The second-order valence-corrected chi connectivity index (χ2v) is 13.2. The van der Waals surface area contributed by atoms with Crippen LogP contribution in [0.1, 0.15) is 22.5 Å². The lowest BCUT2D eigenvalue weighted by Gasteiger charge is -2.55. The minimum Gasteiger partial charge on any atom is -0.508 e. The Balaban J connectivity index is 1.16. The molecule has 54 heavy (non-hydrogen) atoms. The van der Waals surface area contributed by atoms with Gasteiger partial charge in [0.25, 0.3) is 0 Å². The highest BCUT2D eigenvalue weighted by Gasteiger charge is 2.51. The van der Waals surface area contributed by atoms with E-state index in [4.69, 9.17) is 4.52 Å². The molecule has 2 N–H and O–H groups in total. The minimum atomic E-state index is -0.957. The summed E-state index contributed by atoms with van der Waals surface area (Å²) in [6.45, 7) is 0.185. The summed E-state index contributed by atoms with van der Waals surface area (Å²) in [5.41, 5.74) is 4.03. The molecule has 8 rings (SSSR count). The predicted molar refractivity (Wildman–Crippen MR) is 194 cm³/mol. The topological polar surface area (TPSA) is 148 Å². The van der Waals surface area contributed by atoms with Gasteiger partial charge >= 0.3 is 6.03 Å². The molecular formula is C40H35FN8O5. The number of phenolic OH excluding ortho intramolecular Hbond substituents is 1. The molecule has 1 unspecified atom stereocenters. The number of aromatic hydroxyl groups is 1. The van der Waals surface area contributed by atoms with E-state index in [1.165, 1.54) is 34.2 Å². The van der Waals surface area contributed by atoms with Crippen LogP contribution in [-0.4, -0.2) is 83.2 Å². The van der Waals surface area contributed by atoms with Crippen molar-refractivity contribution in [2.24, 2.45) is 0 Å². The number of halogens is 1. The Bertz CT molecular complexity index is 2300. The van der Waals surface area contributed by atoms with E-state index in [0.717, 1.165) is 33.8 Å². The highest BCUT2D eigenvalue weighted by atomic mass is 19.1. The van der Waals surface area contributed by atoms with Gasteiger partial charge in [0.05, 0.1) is 37.0 Å². The Morgan fingerprint density at radius 1 is 0.889 bits per heavy atom. The molecule has 0 spiro atoms. The van der Waals surface area contributed by atoms with Gasteiger partial charge in [0, 0.05) is 37.2 Å². The Kier molecular flexibility index (Phi) is 9.40. The summed E-state index contributed by atoms with van der Waals surface area (Å²) >= 11 is 0. The Hall–Kier alpha value is -6.67. The summed E-state index contributed by atoms with van der Waals surface area (Å²) in [5, 5.41) is 21.1. The molecule has 13 nitrogen and oxygen atoms in total. The van der Waals surface area contributed by atoms with E-state index in [0.29, 0.717) is 17.1 Å². The third-order valence-corrected chi connectivity index (χ3v) is 9.67. The van der Waals surface area contributed by atoms with Crippen molar-refractivity contribution in [3.05, 3.63) is 144 Å². The Morgan fingerprint density at radius 3 is 2.52 bits per heavy atom. The van der Waals surface area contributed by atoms with Gasteiger partial charge in [0.15, 0.2) is 5.76 Å². The zero-order valence-corrected chi connectivity index (χ0v) is 29.0. The number of carbonyl (C=O) groups excluding carboxylic acids is 3. The van der Waals surface area contributed by atoms with Gasteiger partial charge in [0.1, 0.15) is 29.5 Å². The van der Waals surface area contributed by atoms with E-state index in [1.807, 2.05) is 60.7 Å². The lowest BCUT2D eigenvalue weighted by atomic mass is 9.98. The number of aromatic nitrogens is 3. The quantitative estimate of drug-likeness (QED) is 0.213. The average molecular weight is 727 g/mol. The molecule has 272 valence electrons. The molecule has 0 radical (unpaired) electrons. The smallest absolute Gasteiger partial charge is 0.334 e. The number of phenols is 1. The third-order valence-electron chi connectivity index (χ3n) is 9.67. The SMILES string of the molecule is O=C1[C@H](Cc2ccc(O)cc2)N2C(=O)CN(Cc3cc(-c4ccc(F)cn4)no3)N(C(=O)NCc3ccccc3)C2CN1Cc1cccc2ncccc12. The number of hydrogen-bond acceptors (Lipinski definition) is 9. The number of benzene rings is 3. The number of carbonyl (C=O) groups is 3. The summed E-state index contributed by atoms with van der Waals surface area (Å²) in [6, 6.07) is 28.5. The van der Waals surface area contributed by atoms with E-state index in [2.05, 4.69) is 20.4 Å². The van der Waals surface area contributed by atoms with Crippen molar-refractivity contribution in [2.45, 2.75) is 38.3 Å². The molecule has 14 heteroatoms. The van der Waals surface area contributed by atoms with Crippen LogP contribution in [-0.2, 0) is 35.6 Å². The maximum atomic E-state index is 14.5. The number of fused-ring (bicyclic) bond motifs is 2. The van der Waals surface area contributed by atoms with Crippen molar-refractivity contribution in [2.75, 3.05) is 13.1 Å². The van der Waals surface area contributed by atoms with Crippen molar-refractivity contribution in [3.63, 3.8) is 0 Å². The van der Waals surface area contributed by atoms with Gasteiger partial charge in [-0.05, 0) is 53.1 Å². The molecular weight excluding hydrogens is 691 g/mol. The zero-order chi connectivity index (χ0) is 37.2. The fourth-order valence-electron chi connectivity index (χ4n) is 7.11. The van der Waals surface area contributed by atoms with E-state index in [-0.39, 0.29) is 56.7 Å². The van der Waals surface area contributed by atoms with Gasteiger partial charge in [-0.2, -0.15) is 5.01 Å². The average Bonchev–Trinajstić information content (AvgIpc) is 3.65. The van der Waals surface area contributed by atoms with Gasteiger partial charge in [-0.1, -0.05) is 65.8 Å². The predicted octanol–water partition coefficient (Wildman–Crippen LogP) is 4.88. The summed E-state index contributed by atoms with van der Waals surface area (Å²) < 4.78 is 19.2. The standard InChI is InChI=1S/C40H35FN8O5/c41-29-13-16-34(43-21-29)35-19-31(54-45-35)23-47-25-38(51)48-36(18-26-11-14-30(50)15-12-26)39(52)46(22-28-8-4-10-33-32(28)9-5-17-42-33)24-37(48)49(47)40(53)44-20-27-6-2-1-3-7-27/h1-17,19,21,36-37,50H,18,20,22-25H2,(H,44,53)/t36-,37?/m0/s1. The van der Waals surface area contributed by atoms with Gasteiger partial charge in [-0.15, -0.1) is 0 Å². The molecule has 0 saturated carbocycles. The normalized spacial score (nSPS) is 17.5. The number of piperazine rings is 1. The molecule has 3 aromatic heterocycles. The number of nitrogens with zero attached hydrogens (tertiary/aromatic N) is 7. The van der Waals surface area contributed by atoms with Crippen molar-refractivity contribution < 1.29 is 28.4 Å². The molecule has 2 aliphatic heterocycles. The van der Waals surface area contributed by atoms with E-state index in [1.54, 1.807) is 34.3 Å². The van der Waals surface area contributed by atoms with Gasteiger partial charge in [0.2, 0.25) is 11.8 Å². The largest absolute Gasteiger partial charge is 0.508 e. The monoisotopic (exact) mass is 726 g/mol. The van der Waals surface area contributed by atoms with Crippen LogP contribution in [0.4, 0.5) is 9.18 Å². The molecule has 6 aromatic rings. The summed E-state index contributed by atoms with van der Waals surface area (Å²) in [4.78, 5) is 55.0. The second kappa shape index (κ2) is 14.8. The van der Waals surface area contributed by atoms with Crippen LogP contribution >= 0.6 is 0 Å². The van der Waals surface area contributed by atoms with Crippen molar-refractivity contribution in [1.29, 1.82) is 0 Å². The Labute approximate surface area is 309 Å². The molecule has 2 fully saturated rings. The zero-order valence-electron chi connectivity index (χ0n) is 29.0. The highest BCUT2D eigenvalue weighted by molar-refractivity contribution is 5.92. The lowest BCUT2D eigenvalue weighted by Crippen LogP contribution is -2.76. The van der Waals surface area contributed by atoms with E-state index in [9.17, 15) is 23.9 Å². The number of pyridine rings is 2. The maximum absolute atomic E-state index is 14.5. The van der Waals surface area contributed by atoms with E-state index >= 15 is 0 Å². The molecule has 2 aliphatic rings. The molecule has 4 amide bonds. The minimum absolute atomic E-state index is 0.0176. The Morgan fingerprint density at radius 2 is 1.72 bits per heavy atom. The number of nitrogens with one attached hydrogen (secondary N) is 1. The van der Waals surface area contributed by atoms with Gasteiger partial charge in [-0.3, -0.25) is 19.6 Å². The molecule has 0 bridgehead atoms. The molecule has 3 aromatic carbocycles. The van der Waals surface area contributed by atoms with Crippen LogP contribution in [0.2, 0.25) is 0 Å². The fourth-order valence-corrected chi connectivity index (χ4v) is 7.11. The van der Waals surface area contributed by atoms with Crippen molar-refractivity contribution in [1.82, 2.24) is 40.3 Å². The van der Waals surface area contributed by atoms with Gasteiger partial charge < -0.3 is 24.7 Å². The number of amides is 4. The first-order valence-electron chi connectivity index (χ1n) is 17.4. The second-order valence-electron chi connectivity index (χ2n) is 13.2. The van der Waals surface area contributed by atoms with Crippen LogP contribution in [0.25, 0.3) is 22.3 Å². The van der Waals surface area contributed by atoms with Crippen molar-refractivity contribution in [3.8, 4) is 17.1 Å². The fraction of sp³-hybridized carbons (Fsp3) is 0.200. The first-order chi connectivity index (χ1) is 26.3. The van der Waals surface area contributed by atoms with Gasteiger partial charge in [-0.25, -0.2) is 14.2 Å². The lowest BCUT2D eigenvalue weighted by molar-refractivity contribution is -0.193. The molecule has 5 heterocycles. The first-order valence-corrected chi connectivity index (χ1v) is 17.4. The highest BCUT2D eigenvalue weighted by Crippen LogP contribution is 2.32. The number of urea groups is 1.